The average Bonchev–Trinajstić information content (AvgIpc) is 2.29. The summed E-state index contributed by atoms with van der Waals surface area (Å²) in [7, 11) is 2.14. The second-order valence-corrected chi connectivity index (χ2v) is 5.91. The van der Waals surface area contributed by atoms with Crippen molar-refractivity contribution >= 4 is 0 Å². The van der Waals surface area contributed by atoms with Crippen LogP contribution in [0.1, 0.15) is 46.0 Å². The van der Waals surface area contributed by atoms with E-state index in [0.29, 0.717) is 12.0 Å². The topological polar surface area (TPSA) is 49.5 Å². The van der Waals surface area contributed by atoms with Gasteiger partial charge < -0.3 is 15.7 Å². The van der Waals surface area contributed by atoms with Crippen LogP contribution in [0.25, 0.3) is 0 Å². The molecule has 17 heavy (non-hydrogen) atoms. The van der Waals surface area contributed by atoms with E-state index in [1.165, 1.54) is 25.7 Å². The molecule has 0 spiro atoms. The standard InChI is InChI=1S/C14H30N2O/c1-4-12-5-6-14(15)13(9-12)10-16(3)8-7-11(2)17/h11-14,17H,4-10,15H2,1-3H3. The molecule has 0 aromatic heterocycles. The van der Waals surface area contributed by atoms with Crippen molar-refractivity contribution < 1.29 is 5.11 Å². The maximum absolute atomic E-state index is 9.29. The van der Waals surface area contributed by atoms with Crippen LogP contribution in [0, 0.1) is 11.8 Å². The maximum atomic E-state index is 9.29. The minimum atomic E-state index is -0.194. The Morgan fingerprint density at radius 3 is 2.71 bits per heavy atom. The Hall–Kier alpha value is -0.120. The van der Waals surface area contributed by atoms with E-state index in [-0.39, 0.29) is 6.10 Å². The van der Waals surface area contributed by atoms with Crippen molar-refractivity contribution in [3.05, 3.63) is 0 Å². The summed E-state index contributed by atoms with van der Waals surface area (Å²) in [5, 5.41) is 9.29. The number of hydrogen-bond acceptors (Lipinski definition) is 3. The first-order valence-electron chi connectivity index (χ1n) is 7.15. The molecule has 0 heterocycles. The third-order valence-electron chi connectivity index (χ3n) is 4.20. The molecule has 0 radical (unpaired) electrons. The Labute approximate surface area is 106 Å². The Balaban J connectivity index is 2.32. The largest absolute Gasteiger partial charge is 0.393 e. The van der Waals surface area contributed by atoms with Crippen LogP contribution in [-0.2, 0) is 0 Å². The summed E-state index contributed by atoms with van der Waals surface area (Å²) in [5.74, 6) is 1.53. The first-order chi connectivity index (χ1) is 8.02. The maximum Gasteiger partial charge on any atom is 0.0524 e. The highest BCUT2D eigenvalue weighted by atomic mass is 16.3. The van der Waals surface area contributed by atoms with Gasteiger partial charge in [-0.15, -0.1) is 0 Å². The van der Waals surface area contributed by atoms with Crippen molar-refractivity contribution in [2.24, 2.45) is 17.6 Å². The predicted octanol–water partition coefficient (Wildman–Crippen LogP) is 1.84. The van der Waals surface area contributed by atoms with Crippen LogP contribution in [0.15, 0.2) is 0 Å². The smallest absolute Gasteiger partial charge is 0.0524 e. The molecule has 0 aromatic carbocycles. The van der Waals surface area contributed by atoms with Crippen LogP contribution >= 0.6 is 0 Å². The third kappa shape index (κ3) is 5.36. The fourth-order valence-electron chi connectivity index (χ4n) is 2.86. The highest BCUT2D eigenvalue weighted by Gasteiger charge is 2.27. The number of rotatable bonds is 6. The lowest BCUT2D eigenvalue weighted by atomic mass is 9.77. The Bertz CT molecular complexity index is 208. The zero-order chi connectivity index (χ0) is 12.8. The molecule has 1 fully saturated rings. The van der Waals surface area contributed by atoms with Gasteiger partial charge in [0.2, 0.25) is 0 Å². The number of aliphatic hydroxyl groups is 1. The lowest BCUT2D eigenvalue weighted by molar-refractivity contribution is 0.139. The van der Waals surface area contributed by atoms with Crippen LogP contribution < -0.4 is 5.73 Å². The monoisotopic (exact) mass is 242 g/mol. The molecule has 4 unspecified atom stereocenters. The lowest BCUT2D eigenvalue weighted by Gasteiger charge is -2.36. The minimum absolute atomic E-state index is 0.194. The summed E-state index contributed by atoms with van der Waals surface area (Å²) < 4.78 is 0. The van der Waals surface area contributed by atoms with Crippen molar-refractivity contribution in [2.45, 2.75) is 58.1 Å². The Kier molecular flexibility index (Phi) is 6.45. The number of nitrogens with zero attached hydrogens (tertiary/aromatic N) is 1. The number of nitrogens with two attached hydrogens (primary N) is 1. The van der Waals surface area contributed by atoms with Crippen molar-refractivity contribution in [3.8, 4) is 0 Å². The number of aliphatic hydroxyl groups excluding tert-OH is 1. The van der Waals surface area contributed by atoms with Gasteiger partial charge in [-0.2, -0.15) is 0 Å². The van der Waals surface area contributed by atoms with Crippen LogP contribution in [-0.4, -0.2) is 42.3 Å². The van der Waals surface area contributed by atoms with E-state index in [1.54, 1.807) is 0 Å². The molecule has 0 aromatic rings. The molecule has 0 amide bonds. The molecule has 1 aliphatic rings. The van der Waals surface area contributed by atoms with Gasteiger partial charge in [0.15, 0.2) is 0 Å². The first kappa shape index (κ1) is 14.9. The highest BCUT2D eigenvalue weighted by Crippen LogP contribution is 2.30. The van der Waals surface area contributed by atoms with Crippen molar-refractivity contribution in [2.75, 3.05) is 20.1 Å². The van der Waals surface area contributed by atoms with Gasteiger partial charge >= 0.3 is 0 Å². The van der Waals surface area contributed by atoms with E-state index in [9.17, 15) is 5.11 Å². The van der Waals surface area contributed by atoms with E-state index in [0.717, 1.165) is 25.4 Å². The van der Waals surface area contributed by atoms with E-state index in [1.807, 2.05) is 6.92 Å². The second-order valence-electron chi connectivity index (χ2n) is 5.91. The molecule has 1 rings (SSSR count). The summed E-state index contributed by atoms with van der Waals surface area (Å²) in [6, 6.07) is 0.381. The molecular weight excluding hydrogens is 212 g/mol. The van der Waals surface area contributed by atoms with Crippen LogP contribution in [0.4, 0.5) is 0 Å². The second kappa shape index (κ2) is 7.34. The van der Waals surface area contributed by atoms with Gasteiger partial charge in [-0.25, -0.2) is 0 Å². The Morgan fingerprint density at radius 1 is 1.41 bits per heavy atom. The summed E-state index contributed by atoms with van der Waals surface area (Å²) >= 11 is 0. The van der Waals surface area contributed by atoms with Crippen LogP contribution in [0.3, 0.4) is 0 Å². The summed E-state index contributed by atoms with van der Waals surface area (Å²) in [5.41, 5.74) is 6.22. The van der Waals surface area contributed by atoms with Crippen molar-refractivity contribution in [1.82, 2.24) is 4.90 Å². The highest BCUT2D eigenvalue weighted by molar-refractivity contribution is 4.83. The molecule has 102 valence electrons. The molecule has 0 saturated heterocycles. The predicted molar refractivity (Wildman–Crippen MR) is 72.9 cm³/mol. The molecule has 1 saturated carbocycles. The van der Waals surface area contributed by atoms with E-state index in [2.05, 4.69) is 18.9 Å². The molecule has 0 aliphatic heterocycles. The molecule has 4 atom stereocenters. The lowest BCUT2D eigenvalue weighted by Crippen LogP contribution is -2.42. The van der Waals surface area contributed by atoms with Gasteiger partial charge in [-0.05, 0) is 51.5 Å². The van der Waals surface area contributed by atoms with Gasteiger partial charge in [-0.3, -0.25) is 0 Å². The van der Waals surface area contributed by atoms with Crippen molar-refractivity contribution in [1.29, 1.82) is 0 Å². The molecule has 0 bridgehead atoms. The van der Waals surface area contributed by atoms with E-state index < -0.39 is 0 Å². The molecule has 3 heteroatoms. The minimum Gasteiger partial charge on any atom is -0.393 e. The van der Waals surface area contributed by atoms with Gasteiger partial charge in [0.1, 0.15) is 0 Å². The van der Waals surface area contributed by atoms with Crippen molar-refractivity contribution in [3.63, 3.8) is 0 Å². The third-order valence-corrected chi connectivity index (χ3v) is 4.20. The molecular formula is C14H30N2O. The fourth-order valence-corrected chi connectivity index (χ4v) is 2.86. The summed E-state index contributed by atoms with van der Waals surface area (Å²) in [4.78, 5) is 2.33. The SMILES string of the molecule is CCC1CCC(N)C(CN(C)CCC(C)O)C1. The van der Waals surface area contributed by atoms with E-state index in [4.69, 9.17) is 5.73 Å². The van der Waals surface area contributed by atoms with E-state index >= 15 is 0 Å². The van der Waals surface area contributed by atoms with Crippen LogP contribution in [0.5, 0.6) is 0 Å². The number of hydrogen-bond donors (Lipinski definition) is 2. The zero-order valence-electron chi connectivity index (χ0n) is 11.7. The van der Waals surface area contributed by atoms with Gasteiger partial charge in [0, 0.05) is 19.1 Å². The molecule has 3 nitrogen and oxygen atoms in total. The van der Waals surface area contributed by atoms with Gasteiger partial charge in [0.05, 0.1) is 6.10 Å². The summed E-state index contributed by atoms with van der Waals surface area (Å²) in [6.45, 7) is 6.20. The first-order valence-corrected chi connectivity index (χ1v) is 7.15. The molecule has 3 N–H and O–H groups in total. The Morgan fingerprint density at radius 2 is 2.12 bits per heavy atom. The quantitative estimate of drug-likeness (QED) is 0.747. The van der Waals surface area contributed by atoms with Gasteiger partial charge in [0.25, 0.3) is 0 Å². The van der Waals surface area contributed by atoms with Crippen LogP contribution in [0.2, 0.25) is 0 Å². The summed E-state index contributed by atoms with van der Waals surface area (Å²) in [6.07, 6.45) is 5.74. The zero-order valence-corrected chi connectivity index (χ0v) is 11.7. The fraction of sp³-hybridized carbons (Fsp3) is 1.00. The average molecular weight is 242 g/mol. The normalized spacial score (nSPS) is 31.8. The van der Waals surface area contributed by atoms with Gasteiger partial charge in [-0.1, -0.05) is 13.3 Å². The molecule has 1 aliphatic carbocycles.